The largest absolute Gasteiger partial charge is 0.310 e. The van der Waals surface area contributed by atoms with Gasteiger partial charge in [-0.05, 0) is 125 Å². The average molecular weight is 878 g/mol. The summed E-state index contributed by atoms with van der Waals surface area (Å²) in [5, 5.41) is 4.86. The summed E-state index contributed by atoms with van der Waals surface area (Å²) >= 11 is 0. The second-order valence-corrected chi connectivity index (χ2v) is 17.6. The summed E-state index contributed by atoms with van der Waals surface area (Å²) in [4.78, 5) is 2.49. The highest BCUT2D eigenvalue weighted by Gasteiger charge is 2.25. The molecule has 0 amide bonds. The SMILES string of the molecule is c1ccc(-c2ccc(-c3ccc(N(c4ccc(-c5ccccc5)c(-c5ccccc5)c4)c4cccc5c4c(-c4ccccc4)c(-c4ccccc4)c4ccccc45)cc3)c(-c3ccccc3)c2)cc1. The van der Waals surface area contributed by atoms with Gasteiger partial charge in [0.15, 0.2) is 0 Å². The first-order valence-corrected chi connectivity index (χ1v) is 23.8. The molecule has 0 unspecified atom stereocenters. The van der Waals surface area contributed by atoms with E-state index in [0.29, 0.717) is 0 Å². The Morgan fingerprint density at radius 3 is 1.16 bits per heavy atom. The number of fused-ring (bicyclic) bond motifs is 3. The molecule has 12 rings (SSSR count). The van der Waals surface area contributed by atoms with Gasteiger partial charge in [0.25, 0.3) is 0 Å². The number of anilines is 3. The Labute approximate surface area is 404 Å². The molecule has 1 heteroatoms. The van der Waals surface area contributed by atoms with Crippen molar-refractivity contribution in [3.8, 4) is 77.9 Å². The molecule has 0 radical (unpaired) electrons. The van der Waals surface area contributed by atoms with Crippen molar-refractivity contribution in [2.24, 2.45) is 0 Å². The van der Waals surface area contributed by atoms with Crippen molar-refractivity contribution < 1.29 is 0 Å². The molecule has 0 aliphatic heterocycles. The Bertz CT molecular complexity index is 3720. The highest BCUT2D eigenvalue weighted by molar-refractivity contribution is 6.25. The van der Waals surface area contributed by atoms with Crippen LogP contribution in [0.3, 0.4) is 0 Å². The number of benzene rings is 12. The summed E-state index contributed by atoms with van der Waals surface area (Å²) in [5.41, 5.74) is 19.9. The normalized spacial score (nSPS) is 11.2. The maximum Gasteiger partial charge on any atom is 0.0546 e. The van der Waals surface area contributed by atoms with Gasteiger partial charge in [-0.15, -0.1) is 0 Å². The molecule has 324 valence electrons. The summed E-state index contributed by atoms with van der Waals surface area (Å²) in [6, 6.07) is 104. The first-order valence-electron chi connectivity index (χ1n) is 23.8. The fourth-order valence-electron chi connectivity index (χ4n) is 10.3. The lowest BCUT2D eigenvalue weighted by Gasteiger charge is -2.30. The summed E-state index contributed by atoms with van der Waals surface area (Å²) in [5.74, 6) is 0. The van der Waals surface area contributed by atoms with E-state index in [2.05, 4.69) is 290 Å². The predicted molar refractivity (Wildman–Crippen MR) is 294 cm³/mol. The fourth-order valence-corrected chi connectivity index (χ4v) is 10.3. The molecule has 0 bridgehead atoms. The van der Waals surface area contributed by atoms with E-state index in [1.54, 1.807) is 0 Å². The van der Waals surface area contributed by atoms with Gasteiger partial charge in [-0.3, -0.25) is 0 Å². The Kier molecular flexibility index (Phi) is 11.0. The van der Waals surface area contributed by atoms with Crippen LogP contribution in [0.1, 0.15) is 0 Å². The van der Waals surface area contributed by atoms with Crippen LogP contribution in [0, 0.1) is 0 Å². The molecule has 12 aromatic rings. The second-order valence-electron chi connectivity index (χ2n) is 17.6. The maximum atomic E-state index is 2.49. The van der Waals surface area contributed by atoms with Crippen LogP contribution >= 0.6 is 0 Å². The molecule has 0 aliphatic carbocycles. The van der Waals surface area contributed by atoms with E-state index in [4.69, 9.17) is 0 Å². The van der Waals surface area contributed by atoms with Gasteiger partial charge < -0.3 is 4.90 Å². The van der Waals surface area contributed by atoms with Gasteiger partial charge in [-0.25, -0.2) is 0 Å². The fraction of sp³-hybridized carbons (Fsp3) is 0. The number of rotatable bonds is 10. The van der Waals surface area contributed by atoms with Gasteiger partial charge in [-0.2, -0.15) is 0 Å². The Morgan fingerprint density at radius 2 is 0.594 bits per heavy atom. The zero-order chi connectivity index (χ0) is 45.9. The third-order valence-electron chi connectivity index (χ3n) is 13.5. The van der Waals surface area contributed by atoms with Crippen LogP contribution in [0.2, 0.25) is 0 Å². The summed E-state index contributed by atoms with van der Waals surface area (Å²) in [6.07, 6.45) is 0. The van der Waals surface area contributed by atoms with Crippen LogP contribution < -0.4 is 4.90 Å². The van der Waals surface area contributed by atoms with E-state index < -0.39 is 0 Å². The molecule has 0 atom stereocenters. The van der Waals surface area contributed by atoms with Crippen molar-refractivity contribution in [3.63, 3.8) is 0 Å². The van der Waals surface area contributed by atoms with E-state index in [9.17, 15) is 0 Å². The average Bonchev–Trinajstić information content (AvgIpc) is 3.44. The number of nitrogens with zero attached hydrogens (tertiary/aromatic N) is 1. The van der Waals surface area contributed by atoms with Crippen LogP contribution in [0.15, 0.2) is 285 Å². The molecule has 0 saturated heterocycles. The Balaban J connectivity index is 1.13. The zero-order valence-corrected chi connectivity index (χ0v) is 38.1. The van der Waals surface area contributed by atoms with E-state index in [1.165, 1.54) is 93.9 Å². The van der Waals surface area contributed by atoms with Gasteiger partial charge in [0.1, 0.15) is 0 Å². The van der Waals surface area contributed by atoms with Crippen molar-refractivity contribution in [3.05, 3.63) is 285 Å². The Hall–Kier alpha value is -9.04. The number of hydrogen-bond acceptors (Lipinski definition) is 1. The van der Waals surface area contributed by atoms with Gasteiger partial charge in [0.2, 0.25) is 0 Å². The molecule has 1 nitrogen and oxygen atoms in total. The van der Waals surface area contributed by atoms with E-state index in [-0.39, 0.29) is 0 Å². The summed E-state index contributed by atoms with van der Waals surface area (Å²) < 4.78 is 0. The maximum absolute atomic E-state index is 2.49. The minimum atomic E-state index is 1.06. The second kappa shape index (κ2) is 18.3. The van der Waals surface area contributed by atoms with E-state index in [1.807, 2.05) is 0 Å². The van der Waals surface area contributed by atoms with Gasteiger partial charge >= 0.3 is 0 Å². The molecule has 0 saturated carbocycles. The third-order valence-corrected chi connectivity index (χ3v) is 13.5. The van der Waals surface area contributed by atoms with Gasteiger partial charge in [-0.1, -0.05) is 249 Å². The molecule has 0 N–H and O–H groups in total. The lowest BCUT2D eigenvalue weighted by Crippen LogP contribution is -2.11. The molecule has 0 heterocycles. The first-order chi connectivity index (χ1) is 34.3. The first kappa shape index (κ1) is 41.4. The van der Waals surface area contributed by atoms with Crippen LogP contribution in [0.25, 0.3) is 99.4 Å². The molecule has 0 aliphatic rings. The molecule has 0 spiro atoms. The molecule has 69 heavy (non-hydrogen) atoms. The molecule has 0 fully saturated rings. The lowest BCUT2D eigenvalue weighted by molar-refractivity contribution is 1.30. The zero-order valence-electron chi connectivity index (χ0n) is 38.1. The van der Waals surface area contributed by atoms with Crippen molar-refractivity contribution in [2.75, 3.05) is 4.90 Å². The number of hydrogen-bond donors (Lipinski definition) is 0. The van der Waals surface area contributed by atoms with Crippen LogP contribution in [0.4, 0.5) is 17.1 Å². The third kappa shape index (κ3) is 7.86. The molecular formula is C68H47N. The molecular weight excluding hydrogens is 831 g/mol. The topological polar surface area (TPSA) is 3.24 Å². The summed E-state index contributed by atoms with van der Waals surface area (Å²) in [6.45, 7) is 0. The van der Waals surface area contributed by atoms with Crippen molar-refractivity contribution in [1.29, 1.82) is 0 Å². The minimum Gasteiger partial charge on any atom is -0.310 e. The van der Waals surface area contributed by atoms with Crippen LogP contribution in [0.5, 0.6) is 0 Å². The van der Waals surface area contributed by atoms with Gasteiger partial charge in [0, 0.05) is 22.3 Å². The van der Waals surface area contributed by atoms with Crippen LogP contribution in [-0.2, 0) is 0 Å². The highest BCUT2D eigenvalue weighted by atomic mass is 15.1. The van der Waals surface area contributed by atoms with Gasteiger partial charge in [0.05, 0.1) is 5.69 Å². The standard InChI is InChI=1S/C68H47N/c1-7-22-48(23-8-1)55-40-44-58(63(46-55)50-26-11-3-12-27-50)52-38-41-56(42-39-52)69(57-43-45-59(49-24-9-2-10-25-49)64(47-57)51-28-13-4-14-29-51)65-37-21-36-62-60-34-19-20-35-61(60)66(53-30-15-5-16-31-53)67(68(62)65)54-32-17-6-18-33-54/h1-47H. The highest BCUT2D eigenvalue weighted by Crippen LogP contribution is 2.51. The summed E-state index contributed by atoms with van der Waals surface area (Å²) in [7, 11) is 0. The minimum absolute atomic E-state index is 1.06. The Morgan fingerprint density at radius 1 is 0.203 bits per heavy atom. The monoisotopic (exact) mass is 877 g/mol. The predicted octanol–water partition coefficient (Wildman–Crippen LogP) is 19.1. The lowest BCUT2D eigenvalue weighted by atomic mass is 9.84. The van der Waals surface area contributed by atoms with E-state index >= 15 is 0 Å². The molecule has 12 aromatic carbocycles. The quantitative estimate of drug-likeness (QED) is 0.124. The smallest absolute Gasteiger partial charge is 0.0546 e. The van der Waals surface area contributed by atoms with Crippen LogP contribution in [-0.4, -0.2) is 0 Å². The van der Waals surface area contributed by atoms with Crippen molar-refractivity contribution in [2.45, 2.75) is 0 Å². The van der Waals surface area contributed by atoms with E-state index in [0.717, 1.165) is 22.6 Å². The molecule has 0 aromatic heterocycles. The van der Waals surface area contributed by atoms with Crippen molar-refractivity contribution in [1.82, 2.24) is 0 Å². The van der Waals surface area contributed by atoms with Crippen molar-refractivity contribution >= 4 is 38.6 Å².